The molecule has 0 amide bonds. The third kappa shape index (κ3) is 3.52. The molecule has 0 aromatic rings. The normalized spacial score (nSPS) is 22.5. The van der Waals surface area contributed by atoms with Gasteiger partial charge in [0.2, 0.25) is 0 Å². The van der Waals surface area contributed by atoms with Crippen molar-refractivity contribution in [2.45, 2.75) is 25.8 Å². The molecule has 12 heavy (non-hydrogen) atoms. The maximum atomic E-state index is 5.50. The van der Waals surface area contributed by atoms with Crippen LogP contribution in [0.3, 0.4) is 0 Å². The van der Waals surface area contributed by atoms with E-state index in [0.29, 0.717) is 6.04 Å². The van der Waals surface area contributed by atoms with E-state index >= 15 is 0 Å². The molecule has 1 atom stereocenters. The molecule has 3 N–H and O–H groups in total. The zero-order valence-corrected chi connectivity index (χ0v) is 7.88. The van der Waals surface area contributed by atoms with Crippen molar-refractivity contribution in [3.05, 3.63) is 0 Å². The molecule has 1 heterocycles. The number of nitrogens with two attached hydrogens (primary N) is 1. The van der Waals surface area contributed by atoms with Gasteiger partial charge in [0.25, 0.3) is 0 Å². The molecule has 3 heteroatoms. The van der Waals surface area contributed by atoms with Crippen molar-refractivity contribution in [1.82, 2.24) is 5.32 Å². The van der Waals surface area contributed by atoms with Crippen molar-refractivity contribution in [3.8, 4) is 0 Å². The highest BCUT2D eigenvalue weighted by Gasteiger charge is 2.13. The number of hydrogen-bond acceptors (Lipinski definition) is 3. The van der Waals surface area contributed by atoms with Crippen molar-refractivity contribution in [2.75, 3.05) is 26.3 Å². The number of hydrogen-bond donors (Lipinski definition) is 2. The Hall–Kier alpha value is -0.120. The Labute approximate surface area is 74.7 Å². The van der Waals surface area contributed by atoms with Crippen LogP contribution in [-0.4, -0.2) is 32.3 Å². The lowest BCUT2D eigenvalue weighted by atomic mass is 10.0. The molecule has 0 aromatic heterocycles. The van der Waals surface area contributed by atoms with E-state index in [1.54, 1.807) is 0 Å². The van der Waals surface area contributed by atoms with Crippen LogP contribution in [0, 0.1) is 5.92 Å². The van der Waals surface area contributed by atoms with Crippen molar-refractivity contribution in [2.24, 2.45) is 11.7 Å². The van der Waals surface area contributed by atoms with Crippen LogP contribution in [0.15, 0.2) is 0 Å². The maximum absolute atomic E-state index is 5.50. The minimum Gasteiger partial charge on any atom is -0.381 e. The first-order chi connectivity index (χ1) is 5.83. The third-order valence-corrected chi connectivity index (χ3v) is 2.45. The molecule has 1 aliphatic rings. The van der Waals surface area contributed by atoms with Crippen molar-refractivity contribution in [3.63, 3.8) is 0 Å². The summed E-state index contributed by atoms with van der Waals surface area (Å²) in [5.41, 5.74) is 5.50. The molecule has 0 bridgehead atoms. The smallest absolute Gasteiger partial charge is 0.0469 e. The average Bonchev–Trinajstić information content (AvgIpc) is 2.16. The Kier molecular flexibility index (Phi) is 4.58. The molecule has 72 valence electrons. The van der Waals surface area contributed by atoms with E-state index in [4.69, 9.17) is 10.5 Å². The highest BCUT2D eigenvalue weighted by atomic mass is 16.5. The lowest BCUT2D eigenvalue weighted by Gasteiger charge is -2.23. The number of ether oxygens (including phenoxy) is 1. The van der Waals surface area contributed by atoms with Gasteiger partial charge in [-0.25, -0.2) is 0 Å². The molecular formula is C9H20N2O. The first kappa shape index (κ1) is 9.96. The summed E-state index contributed by atoms with van der Waals surface area (Å²) in [6.45, 7) is 5.82. The molecule has 1 rings (SSSR count). The van der Waals surface area contributed by atoms with E-state index in [-0.39, 0.29) is 0 Å². The molecule has 3 nitrogen and oxygen atoms in total. The van der Waals surface area contributed by atoms with Gasteiger partial charge < -0.3 is 15.8 Å². The summed E-state index contributed by atoms with van der Waals surface area (Å²) in [4.78, 5) is 0. The van der Waals surface area contributed by atoms with Crippen molar-refractivity contribution < 1.29 is 4.74 Å². The number of nitrogens with one attached hydrogen (secondary N) is 1. The lowest BCUT2D eigenvalue weighted by Crippen LogP contribution is -2.37. The van der Waals surface area contributed by atoms with Gasteiger partial charge in [-0.3, -0.25) is 0 Å². The summed E-state index contributed by atoms with van der Waals surface area (Å²) < 4.78 is 5.28. The van der Waals surface area contributed by atoms with E-state index in [1.807, 2.05) is 0 Å². The molecule has 0 unspecified atom stereocenters. The minimum atomic E-state index is 0.452. The predicted octanol–water partition coefficient (Wildman–Crippen LogP) is 0.350. The summed E-state index contributed by atoms with van der Waals surface area (Å²) in [6.07, 6.45) is 2.40. The van der Waals surface area contributed by atoms with Crippen LogP contribution in [0.5, 0.6) is 0 Å². The zero-order chi connectivity index (χ0) is 8.81. The fourth-order valence-corrected chi connectivity index (χ4v) is 1.40. The van der Waals surface area contributed by atoms with Crippen LogP contribution in [0.1, 0.15) is 19.8 Å². The Balaban J connectivity index is 2.05. The van der Waals surface area contributed by atoms with Crippen LogP contribution < -0.4 is 11.1 Å². The third-order valence-electron chi connectivity index (χ3n) is 2.45. The summed E-state index contributed by atoms with van der Waals surface area (Å²) in [7, 11) is 0. The maximum Gasteiger partial charge on any atom is 0.0469 e. The lowest BCUT2D eigenvalue weighted by molar-refractivity contribution is 0.0657. The van der Waals surface area contributed by atoms with Gasteiger partial charge in [0.1, 0.15) is 0 Å². The summed E-state index contributed by atoms with van der Waals surface area (Å²) in [5.74, 6) is 0.799. The summed E-state index contributed by atoms with van der Waals surface area (Å²) in [5, 5.41) is 3.42. The fraction of sp³-hybridized carbons (Fsp3) is 1.00. The number of rotatable bonds is 4. The Morgan fingerprint density at radius 2 is 2.17 bits per heavy atom. The van der Waals surface area contributed by atoms with Gasteiger partial charge in [-0.1, -0.05) is 0 Å². The van der Waals surface area contributed by atoms with Crippen LogP contribution in [0.4, 0.5) is 0 Å². The first-order valence-electron chi connectivity index (χ1n) is 4.84. The minimum absolute atomic E-state index is 0.452. The average molecular weight is 172 g/mol. The quantitative estimate of drug-likeness (QED) is 0.643. The zero-order valence-electron chi connectivity index (χ0n) is 7.88. The second-order valence-electron chi connectivity index (χ2n) is 3.60. The molecule has 0 radical (unpaired) electrons. The largest absolute Gasteiger partial charge is 0.381 e. The summed E-state index contributed by atoms with van der Waals surface area (Å²) in [6, 6.07) is 0.452. The Bertz CT molecular complexity index is 113. The first-order valence-corrected chi connectivity index (χ1v) is 4.84. The second-order valence-corrected chi connectivity index (χ2v) is 3.60. The molecule has 0 aromatic carbocycles. The van der Waals surface area contributed by atoms with Crippen molar-refractivity contribution >= 4 is 0 Å². The second kappa shape index (κ2) is 5.51. The van der Waals surface area contributed by atoms with Crippen LogP contribution in [0.2, 0.25) is 0 Å². The van der Waals surface area contributed by atoms with E-state index in [0.717, 1.165) is 32.2 Å². The molecule has 0 saturated carbocycles. The highest BCUT2D eigenvalue weighted by molar-refractivity contribution is 4.69. The van der Waals surface area contributed by atoms with Crippen LogP contribution in [0.25, 0.3) is 0 Å². The van der Waals surface area contributed by atoms with E-state index in [2.05, 4.69) is 12.2 Å². The van der Waals surface area contributed by atoms with Gasteiger partial charge in [0, 0.05) is 25.8 Å². The van der Waals surface area contributed by atoms with Gasteiger partial charge in [-0.05, 0) is 32.2 Å². The molecular weight excluding hydrogens is 152 g/mol. The topological polar surface area (TPSA) is 47.3 Å². The van der Waals surface area contributed by atoms with Gasteiger partial charge in [0.05, 0.1) is 0 Å². The SMILES string of the molecule is C[C@@H](CN)NCC1CCOCC1. The summed E-state index contributed by atoms with van der Waals surface area (Å²) >= 11 is 0. The molecule has 0 spiro atoms. The standard InChI is InChI=1S/C9H20N2O/c1-8(6-10)11-7-9-2-4-12-5-3-9/h8-9,11H,2-7,10H2,1H3/t8-/m0/s1. The van der Waals surface area contributed by atoms with Gasteiger partial charge in [-0.2, -0.15) is 0 Å². The highest BCUT2D eigenvalue weighted by Crippen LogP contribution is 2.13. The molecule has 1 aliphatic heterocycles. The predicted molar refractivity (Wildman–Crippen MR) is 50.1 cm³/mol. The van der Waals surface area contributed by atoms with Gasteiger partial charge in [-0.15, -0.1) is 0 Å². The monoisotopic (exact) mass is 172 g/mol. The van der Waals surface area contributed by atoms with E-state index in [9.17, 15) is 0 Å². The van der Waals surface area contributed by atoms with Crippen molar-refractivity contribution in [1.29, 1.82) is 0 Å². The van der Waals surface area contributed by atoms with Gasteiger partial charge in [0.15, 0.2) is 0 Å². The van der Waals surface area contributed by atoms with Gasteiger partial charge >= 0.3 is 0 Å². The van der Waals surface area contributed by atoms with Crippen LogP contribution in [-0.2, 0) is 4.74 Å². The molecule has 1 fully saturated rings. The van der Waals surface area contributed by atoms with Crippen LogP contribution >= 0.6 is 0 Å². The van der Waals surface area contributed by atoms with E-state index in [1.165, 1.54) is 12.8 Å². The fourth-order valence-electron chi connectivity index (χ4n) is 1.40. The Morgan fingerprint density at radius 1 is 1.50 bits per heavy atom. The Morgan fingerprint density at radius 3 is 2.75 bits per heavy atom. The molecule has 1 saturated heterocycles. The molecule has 0 aliphatic carbocycles. The van der Waals surface area contributed by atoms with E-state index < -0.39 is 0 Å².